The first-order chi connectivity index (χ1) is 15.8. The van der Waals surface area contributed by atoms with Gasteiger partial charge in [0.2, 0.25) is 0 Å². The van der Waals surface area contributed by atoms with Gasteiger partial charge < -0.3 is 9.30 Å². The first-order valence-corrected chi connectivity index (χ1v) is 11.2. The van der Waals surface area contributed by atoms with E-state index in [9.17, 15) is 4.79 Å². The number of thiazole rings is 1. The molecule has 0 atom stereocenters. The second-order valence-corrected chi connectivity index (χ2v) is 8.30. The van der Waals surface area contributed by atoms with Crippen LogP contribution >= 0.6 is 11.3 Å². The lowest BCUT2D eigenvalue weighted by Crippen LogP contribution is -2.11. The summed E-state index contributed by atoms with van der Waals surface area (Å²) in [7, 11) is 0. The summed E-state index contributed by atoms with van der Waals surface area (Å²) in [4.78, 5) is 17.3. The van der Waals surface area contributed by atoms with Crippen molar-refractivity contribution in [2.45, 2.75) is 13.2 Å². The summed E-state index contributed by atoms with van der Waals surface area (Å²) in [6.07, 6.45) is 3.58. The molecule has 0 radical (unpaired) electrons. The number of hydrogen-bond donors (Lipinski definition) is 1. The van der Waals surface area contributed by atoms with E-state index in [4.69, 9.17) is 4.74 Å². The van der Waals surface area contributed by atoms with Crippen LogP contribution < -0.4 is 10.1 Å². The average molecular weight is 440 g/mol. The van der Waals surface area contributed by atoms with Crippen molar-refractivity contribution in [1.82, 2.24) is 9.55 Å². The number of nitrogens with zero attached hydrogens (tertiary/aromatic N) is 2. The molecule has 2 aromatic heterocycles. The molecular formula is C26H21N3O2S. The Kier molecular flexibility index (Phi) is 5.68. The van der Waals surface area contributed by atoms with E-state index in [1.807, 2.05) is 78.3 Å². The molecule has 5 nitrogen and oxygen atoms in total. The Labute approximate surface area is 189 Å². The second kappa shape index (κ2) is 9.08. The van der Waals surface area contributed by atoms with Crippen molar-refractivity contribution in [3.63, 3.8) is 0 Å². The van der Waals surface area contributed by atoms with Crippen molar-refractivity contribution < 1.29 is 9.53 Å². The Balaban J connectivity index is 1.49. The normalized spacial score (nSPS) is 10.9. The predicted molar refractivity (Wildman–Crippen MR) is 128 cm³/mol. The highest BCUT2D eigenvalue weighted by Gasteiger charge is 2.17. The van der Waals surface area contributed by atoms with Crippen LogP contribution in [0, 0.1) is 0 Å². The van der Waals surface area contributed by atoms with E-state index >= 15 is 0 Å². The molecule has 0 spiro atoms. The van der Waals surface area contributed by atoms with Crippen LogP contribution in [0.4, 0.5) is 5.13 Å². The third-order valence-electron chi connectivity index (χ3n) is 5.19. The van der Waals surface area contributed by atoms with Crippen LogP contribution in [-0.2, 0) is 13.2 Å². The molecule has 0 saturated heterocycles. The molecular weight excluding hydrogens is 418 g/mol. The van der Waals surface area contributed by atoms with E-state index in [1.165, 1.54) is 16.9 Å². The van der Waals surface area contributed by atoms with Gasteiger partial charge in [-0.15, -0.1) is 11.3 Å². The number of anilines is 1. The summed E-state index contributed by atoms with van der Waals surface area (Å²) >= 11 is 1.40. The topological polar surface area (TPSA) is 56.2 Å². The Morgan fingerprint density at radius 3 is 2.44 bits per heavy atom. The molecule has 0 fully saturated rings. The van der Waals surface area contributed by atoms with Crippen LogP contribution in [0.1, 0.15) is 21.5 Å². The fraction of sp³-hybridized carbons (Fsp3) is 0.0769. The van der Waals surface area contributed by atoms with Crippen LogP contribution in [0.5, 0.6) is 5.75 Å². The van der Waals surface area contributed by atoms with E-state index in [0.717, 1.165) is 22.2 Å². The zero-order valence-corrected chi connectivity index (χ0v) is 18.1. The van der Waals surface area contributed by atoms with Crippen LogP contribution in [0.25, 0.3) is 10.9 Å². The fourth-order valence-corrected chi connectivity index (χ4v) is 4.17. The highest BCUT2D eigenvalue weighted by molar-refractivity contribution is 7.13. The van der Waals surface area contributed by atoms with E-state index in [2.05, 4.69) is 27.0 Å². The molecule has 1 amide bonds. The summed E-state index contributed by atoms with van der Waals surface area (Å²) in [5, 5.41) is 6.16. The number of aromatic nitrogens is 2. The quantitative estimate of drug-likeness (QED) is 0.339. The van der Waals surface area contributed by atoms with Crippen molar-refractivity contribution in [3.8, 4) is 5.75 Å². The molecule has 32 heavy (non-hydrogen) atoms. The van der Waals surface area contributed by atoms with Gasteiger partial charge in [-0.1, -0.05) is 60.7 Å². The SMILES string of the molecule is O=C(Nc1nccs1)c1cn(Cc2ccccc2)c2ccc(OCc3ccccc3)cc12. The standard InChI is InChI=1S/C26H21N3O2S/c30-25(28-26-27-13-14-32-26)23-17-29(16-19-7-3-1-4-8-19)24-12-11-21(15-22(23)24)31-18-20-9-5-2-6-10-20/h1-15,17H,16,18H2,(H,27,28,30). The second-order valence-electron chi connectivity index (χ2n) is 7.40. The van der Waals surface area contributed by atoms with Crippen molar-refractivity contribution in [3.05, 3.63) is 113 Å². The summed E-state index contributed by atoms with van der Waals surface area (Å²) in [5.41, 5.74) is 3.83. The minimum Gasteiger partial charge on any atom is -0.489 e. The molecule has 0 aliphatic heterocycles. The van der Waals surface area contributed by atoms with E-state index in [0.29, 0.717) is 23.8 Å². The van der Waals surface area contributed by atoms with Gasteiger partial charge >= 0.3 is 0 Å². The number of rotatable bonds is 7. The number of ether oxygens (including phenoxy) is 1. The lowest BCUT2D eigenvalue weighted by atomic mass is 10.1. The fourth-order valence-electron chi connectivity index (χ4n) is 3.65. The summed E-state index contributed by atoms with van der Waals surface area (Å²) in [6.45, 7) is 1.14. The molecule has 2 heterocycles. The number of nitrogens with one attached hydrogen (secondary N) is 1. The number of benzene rings is 3. The third kappa shape index (κ3) is 4.40. The maximum Gasteiger partial charge on any atom is 0.259 e. The molecule has 0 aliphatic rings. The van der Waals surface area contributed by atoms with Crippen LogP contribution in [0.3, 0.4) is 0 Å². The van der Waals surface area contributed by atoms with E-state index < -0.39 is 0 Å². The number of carbonyl (C=O) groups is 1. The van der Waals surface area contributed by atoms with Gasteiger partial charge in [-0.2, -0.15) is 0 Å². The average Bonchev–Trinajstić information content (AvgIpc) is 3.47. The molecule has 5 rings (SSSR count). The molecule has 3 aromatic carbocycles. The summed E-state index contributed by atoms with van der Waals surface area (Å²) in [6, 6.07) is 26.1. The molecule has 5 aromatic rings. The molecule has 0 unspecified atom stereocenters. The minimum atomic E-state index is -0.183. The highest BCUT2D eigenvalue weighted by Crippen LogP contribution is 2.28. The van der Waals surface area contributed by atoms with Crippen LogP contribution in [0.15, 0.2) is 96.6 Å². The maximum atomic E-state index is 13.1. The van der Waals surface area contributed by atoms with Gasteiger partial charge in [0.05, 0.1) is 5.56 Å². The van der Waals surface area contributed by atoms with Gasteiger partial charge in [0, 0.05) is 35.2 Å². The molecule has 0 saturated carbocycles. The largest absolute Gasteiger partial charge is 0.489 e. The molecule has 158 valence electrons. The highest BCUT2D eigenvalue weighted by atomic mass is 32.1. The molecule has 6 heteroatoms. The lowest BCUT2D eigenvalue weighted by Gasteiger charge is -2.08. The monoisotopic (exact) mass is 439 g/mol. The van der Waals surface area contributed by atoms with Crippen molar-refractivity contribution in [2.24, 2.45) is 0 Å². The first-order valence-electron chi connectivity index (χ1n) is 10.3. The van der Waals surface area contributed by atoms with Crippen LogP contribution in [-0.4, -0.2) is 15.5 Å². The molecule has 0 bridgehead atoms. The third-order valence-corrected chi connectivity index (χ3v) is 5.88. The van der Waals surface area contributed by atoms with Gasteiger partial charge in [0.25, 0.3) is 5.91 Å². The number of carbonyl (C=O) groups excluding carboxylic acids is 1. The van der Waals surface area contributed by atoms with Gasteiger partial charge in [0.15, 0.2) is 5.13 Å². The smallest absolute Gasteiger partial charge is 0.259 e. The van der Waals surface area contributed by atoms with E-state index in [-0.39, 0.29) is 5.91 Å². The molecule has 1 N–H and O–H groups in total. The van der Waals surface area contributed by atoms with Crippen molar-refractivity contribution >= 4 is 33.3 Å². The van der Waals surface area contributed by atoms with Gasteiger partial charge in [-0.3, -0.25) is 10.1 Å². The zero-order valence-electron chi connectivity index (χ0n) is 17.3. The Morgan fingerprint density at radius 2 is 1.72 bits per heavy atom. The maximum absolute atomic E-state index is 13.1. The Hall–Kier alpha value is -3.90. The van der Waals surface area contributed by atoms with Gasteiger partial charge in [0.1, 0.15) is 12.4 Å². The van der Waals surface area contributed by atoms with Crippen LogP contribution in [0.2, 0.25) is 0 Å². The summed E-state index contributed by atoms with van der Waals surface area (Å²) < 4.78 is 8.12. The zero-order chi connectivity index (χ0) is 21.8. The molecule has 0 aliphatic carbocycles. The van der Waals surface area contributed by atoms with Crippen molar-refractivity contribution in [2.75, 3.05) is 5.32 Å². The van der Waals surface area contributed by atoms with Crippen molar-refractivity contribution in [1.29, 1.82) is 0 Å². The van der Waals surface area contributed by atoms with Gasteiger partial charge in [-0.25, -0.2) is 4.98 Å². The minimum absolute atomic E-state index is 0.183. The van der Waals surface area contributed by atoms with E-state index in [1.54, 1.807) is 6.20 Å². The Bertz CT molecular complexity index is 1330. The number of hydrogen-bond acceptors (Lipinski definition) is 4. The predicted octanol–water partition coefficient (Wildman–Crippen LogP) is 5.98. The number of fused-ring (bicyclic) bond motifs is 1. The van der Waals surface area contributed by atoms with Gasteiger partial charge in [-0.05, 0) is 29.3 Å². The lowest BCUT2D eigenvalue weighted by molar-refractivity contribution is 0.102. The number of amides is 1. The summed E-state index contributed by atoms with van der Waals surface area (Å²) in [5.74, 6) is 0.541. The first kappa shape index (κ1) is 20.0. The Morgan fingerprint density at radius 1 is 0.969 bits per heavy atom.